The van der Waals surface area contributed by atoms with E-state index in [0.29, 0.717) is 19.6 Å². The first-order valence-corrected chi connectivity index (χ1v) is 9.94. The van der Waals surface area contributed by atoms with E-state index in [1.807, 2.05) is 18.2 Å². The lowest BCUT2D eigenvalue weighted by atomic mass is 9.98. The van der Waals surface area contributed by atoms with Crippen LogP contribution in [0.15, 0.2) is 46.9 Å². The van der Waals surface area contributed by atoms with Gasteiger partial charge in [0.25, 0.3) is 5.91 Å². The summed E-state index contributed by atoms with van der Waals surface area (Å²) in [5, 5.41) is 10.6. The Labute approximate surface area is 162 Å². The topological polar surface area (TPSA) is 43.8 Å². The third-order valence-electron chi connectivity index (χ3n) is 5.35. The van der Waals surface area contributed by atoms with Gasteiger partial charge in [0.15, 0.2) is 0 Å². The molecule has 0 bridgehead atoms. The van der Waals surface area contributed by atoms with E-state index < -0.39 is 6.10 Å². The van der Waals surface area contributed by atoms with E-state index >= 15 is 0 Å². The molecule has 1 atom stereocenters. The molecule has 0 aromatic heterocycles. The predicted molar refractivity (Wildman–Crippen MR) is 105 cm³/mol. The van der Waals surface area contributed by atoms with E-state index in [-0.39, 0.29) is 5.91 Å². The van der Waals surface area contributed by atoms with Crippen molar-refractivity contribution in [1.82, 2.24) is 9.80 Å². The first kappa shape index (κ1) is 17.7. The molecule has 1 N–H and O–H groups in total. The van der Waals surface area contributed by atoms with E-state index in [1.54, 1.807) is 4.90 Å². The van der Waals surface area contributed by atoms with Crippen molar-refractivity contribution in [2.75, 3.05) is 26.2 Å². The standard InChI is InChI=1S/C21H23BrN2O2/c22-18-6-5-16-8-10-24(21(26)20(16)11-18)14-19(25)13-23-9-7-15-3-1-2-4-17(15)12-23/h1-6,11,19,25H,7-10,12-14H2. The number of amides is 1. The second-order valence-corrected chi connectivity index (χ2v) is 8.13. The summed E-state index contributed by atoms with van der Waals surface area (Å²) in [5.74, 6) is 0.0237. The van der Waals surface area contributed by atoms with E-state index in [9.17, 15) is 9.90 Å². The fourth-order valence-corrected chi connectivity index (χ4v) is 4.35. The molecule has 0 saturated heterocycles. The molecule has 4 rings (SSSR count). The Morgan fingerprint density at radius 2 is 1.77 bits per heavy atom. The molecular formula is C21H23BrN2O2. The van der Waals surface area contributed by atoms with Crippen LogP contribution in [0.2, 0.25) is 0 Å². The second-order valence-electron chi connectivity index (χ2n) is 7.21. The maximum atomic E-state index is 12.7. The SMILES string of the molecule is O=C1c2cc(Br)ccc2CCN1CC(O)CN1CCc2ccccc2C1. The summed E-state index contributed by atoms with van der Waals surface area (Å²) in [6.45, 7) is 3.49. The highest BCUT2D eigenvalue weighted by atomic mass is 79.9. The number of rotatable bonds is 4. The average Bonchev–Trinajstić information content (AvgIpc) is 2.64. The zero-order chi connectivity index (χ0) is 18.1. The molecule has 2 aliphatic heterocycles. The number of aliphatic hydroxyl groups excluding tert-OH is 1. The van der Waals surface area contributed by atoms with E-state index in [2.05, 4.69) is 45.1 Å². The van der Waals surface area contributed by atoms with Crippen LogP contribution in [0.4, 0.5) is 0 Å². The predicted octanol–water partition coefficient (Wildman–Crippen LogP) is 2.87. The van der Waals surface area contributed by atoms with Crippen LogP contribution in [0.1, 0.15) is 27.0 Å². The van der Waals surface area contributed by atoms with Crippen LogP contribution in [0, 0.1) is 0 Å². The molecule has 0 spiro atoms. The molecule has 4 nitrogen and oxygen atoms in total. The van der Waals surface area contributed by atoms with Gasteiger partial charge < -0.3 is 10.0 Å². The fraction of sp³-hybridized carbons (Fsp3) is 0.381. The average molecular weight is 415 g/mol. The Bertz CT molecular complexity index is 823. The van der Waals surface area contributed by atoms with E-state index in [4.69, 9.17) is 0 Å². The molecule has 1 amide bonds. The molecule has 0 fully saturated rings. The maximum Gasteiger partial charge on any atom is 0.254 e. The summed E-state index contributed by atoms with van der Waals surface area (Å²) in [4.78, 5) is 16.8. The number of aliphatic hydroxyl groups is 1. The van der Waals surface area contributed by atoms with Crippen molar-refractivity contribution in [2.24, 2.45) is 0 Å². The van der Waals surface area contributed by atoms with Gasteiger partial charge in [0.05, 0.1) is 6.10 Å². The van der Waals surface area contributed by atoms with Crippen LogP contribution in [0.25, 0.3) is 0 Å². The third kappa shape index (κ3) is 3.70. The van der Waals surface area contributed by atoms with Crippen molar-refractivity contribution in [2.45, 2.75) is 25.5 Å². The number of fused-ring (bicyclic) bond motifs is 2. The van der Waals surface area contributed by atoms with Gasteiger partial charge in [0.1, 0.15) is 0 Å². The molecule has 1 unspecified atom stereocenters. The lowest BCUT2D eigenvalue weighted by Gasteiger charge is -2.34. The molecule has 136 valence electrons. The molecule has 5 heteroatoms. The number of benzene rings is 2. The minimum absolute atomic E-state index is 0.0237. The highest BCUT2D eigenvalue weighted by molar-refractivity contribution is 9.10. The Balaban J connectivity index is 1.37. The van der Waals surface area contributed by atoms with Crippen LogP contribution in [0.5, 0.6) is 0 Å². The number of hydrogen-bond donors (Lipinski definition) is 1. The van der Waals surface area contributed by atoms with Gasteiger partial charge in [-0.25, -0.2) is 0 Å². The zero-order valence-electron chi connectivity index (χ0n) is 14.7. The van der Waals surface area contributed by atoms with E-state index in [0.717, 1.165) is 41.5 Å². The second kappa shape index (κ2) is 7.51. The monoisotopic (exact) mass is 414 g/mol. The maximum absolute atomic E-state index is 12.7. The largest absolute Gasteiger partial charge is 0.390 e. The number of carbonyl (C=O) groups excluding carboxylic acids is 1. The van der Waals surface area contributed by atoms with Crippen molar-refractivity contribution in [3.63, 3.8) is 0 Å². The Morgan fingerprint density at radius 1 is 1.00 bits per heavy atom. The molecule has 2 aromatic carbocycles. The normalized spacial score (nSPS) is 18.4. The van der Waals surface area contributed by atoms with Crippen molar-refractivity contribution in [3.05, 3.63) is 69.2 Å². The summed E-state index contributed by atoms with van der Waals surface area (Å²) in [7, 11) is 0. The fourth-order valence-electron chi connectivity index (χ4n) is 3.99. The number of hydrogen-bond acceptors (Lipinski definition) is 3. The minimum Gasteiger partial charge on any atom is -0.390 e. The van der Waals surface area contributed by atoms with Crippen molar-refractivity contribution >= 4 is 21.8 Å². The Hall–Kier alpha value is -1.69. The van der Waals surface area contributed by atoms with Crippen LogP contribution >= 0.6 is 15.9 Å². The van der Waals surface area contributed by atoms with Gasteiger partial charge in [-0.1, -0.05) is 46.3 Å². The molecule has 0 radical (unpaired) electrons. The van der Waals surface area contributed by atoms with Crippen LogP contribution < -0.4 is 0 Å². The first-order valence-electron chi connectivity index (χ1n) is 9.15. The zero-order valence-corrected chi connectivity index (χ0v) is 16.3. The summed E-state index contributed by atoms with van der Waals surface area (Å²) in [5.41, 5.74) is 4.60. The van der Waals surface area contributed by atoms with Crippen molar-refractivity contribution in [3.8, 4) is 0 Å². The van der Waals surface area contributed by atoms with E-state index in [1.165, 1.54) is 11.1 Å². The van der Waals surface area contributed by atoms with Gasteiger partial charge in [-0.05, 0) is 41.7 Å². The van der Waals surface area contributed by atoms with Gasteiger partial charge in [-0.3, -0.25) is 9.69 Å². The number of halogens is 1. The van der Waals surface area contributed by atoms with Crippen molar-refractivity contribution in [1.29, 1.82) is 0 Å². The lowest BCUT2D eigenvalue weighted by molar-refractivity contribution is 0.0492. The van der Waals surface area contributed by atoms with Crippen molar-refractivity contribution < 1.29 is 9.90 Å². The van der Waals surface area contributed by atoms with Gasteiger partial charge in [-0.15, -0.1) is 0 Å². The number of carbonyl (C=O) groups is 1. The third-order valence-corrected chi connectivity index (χ3v) is 5.84. The molecule has 0 aliphatic carbocycles. The molecule has 0 saturated carbocycles. The van der Waals surface area contributed by atoms with Crippen LogP contribution in [-0.4, -0.2) is 53.1 Å². The van der Waals surface area contributed by atoms with Gasteiger partial charge in [-0.2, -0.15) is 0 Å². The molecule has 2 aliphatic rings. The molecule has 26 heavy (non-hydrogen) atoms. The minimum atomic E-state index is -0.530. The summed E-state index contributed by atoms with van der Waals surface area (Å²) in [6, 6.07) is 14.4. The molecule has 2 heterocycles. The number of nitrogens with zero attached hydrogens (tertiary/aromatic N) is 2. The van der Waals surface area contributed by atoms with Crippen LogP contribution in [0.3, 0.4) is 0 Å². The smallest absolute Gasteiger partial charge is 0.254 e. The quantitative estimate of drug-likeness (QED) is 0.836. The van der Waals surface area contributed by atoms with Gasteiger partial charge in [0.2, 0.25) is 0 Å². The van der Waals surface area contributed by atoms with Gasteiger partial charge in [0, 0.05) is 42.8 Å². The molecule has 2 aromatic rings. The Kier molecular flexibility index (Phi) is 5.11. The van der Waals surface area contributed by atoms with Gasteiger partial charge >= 0.3 is 0 Å². The first-order chi connectivity index (χ1) is 12.6. The Morgan fingerprint density at radius 3 is 2.62 bits per heavy atom. The summed E-state index contributed by atoms with van der Waals surface area (Å²) >= 11 is 3.44. The highest BCUT2D eigenvalue weighted by Crippen LogP contribution is 2.23. The number of β-amino-alcohol motifs (C(OH)–C–C–N with tert-alkyl or cyclic N) is 1. The lowest BCUT2D eigenvalue weighted by Crippen LogP contribution is -2.46. The summed E-state index contributed by atoms with van der Waals surface area (Å²) < 4.78 is 0.916. The summed E-state index contributed by atoms with van der Waals surface area (Å²) in [6.07, 6.45) is 1.34. The van der Waals surface area contributed by atoms with Crippen LogP contribution in [-0.2, 0) is 19.4 Å². The molecular weight excluding hydrogens is 392 g/mol. The highest BCUT2D eigenvalue weighted by Gasteiger charge is 2.27.